The zero-order chi connectivity index (χ0) is 18.5. The van der Waals surface area contributed by atoms with Gasteiger partial charge in [0.05, 0.1) is 5.69 Å². The van der Waals surface area contributed by atoms with Crippen molar-refractivity contribution in [2.24, 2.45) is 5.73 Å². The van der Waals surface area contributed by atoms with E-state index in [4.69, 9.17) is 5.73 Å². The van der Waals surface area contributed by atoms with Gasteiger partial charge in [0, 0.05) is 35.5 Å². The van der Waals surface area contributed by atoms with Crippen LogP contribution in [-0.4, -0.2) is 21.8 Å². The average molecular weight is 347 g/mol. The molecule has 2 amide bonds. The number of primary amides is 1. The molecular weight excluding hydrogens is 330 g/mol. The first-order valence-corrected chi connectivity index (χ1v) is 7.88. The molecule has 2 aromatic carbocycles. The molecule has 1 aromatic heterocycles. The van der Waals surface area contributed by atoms with Crippen LogP contribution in [0.15, 0.2) is 60.9 Å². The molecule has 3 rings (SSSR count). The lowest BCUT2D eigenvalue weighted by atomic mass is 10.1. The highest BCUT2D eigenvalue weighted by Gasteiger charge is 2.05. The summed E-state index contributed by atoms with van der Waals surface area (Å²) in [5.74, 6) is 0.0408. The second-order valence-electron chi connectivity index (χ2n) is 5.61. The van der Waals surface area contributed by atoms with Crippen molar-refractivity contribution in [2.75, 3.05) is 10.6 Å². The van der Waals surface area contributed by atoms with E-state index in [0.29, 0.717) is 17.1 Å². The van der Waals surface area contributed by atoms with Gasteiger partial charge in [0.2, 0.25) is 11.8 Å². The molecule has 0 atom stereocenters. The molecular formula is C19H17N5O2. The Labute approximate surface area is 150 Å². The summed E-state index contributed by atoms with van der Waals surface area (Å²) < 4.78 is 0. The number of rotatable bonds is 5. The maximum Gasteiger partial charge on any atom is 0.248 e. The first kappa shape index (κ1) is 17.1. The largest absolute Gasteiger partial charge is 0.366 e. The highest BCUT2D eigenvalue weighted by Crippen LogP contribution is 2.22. The molecule has 3 aromatic rings. The molecule has 0 radical (unpaired) electrons. The van der Waals surface area contributed by atoms with Crippen LogP contribution in [0.4, 0.5) is 17.2 Å². The molecule has 26 heavy (non-hydrogen) atoms. The van der Waals surface area contributed by atoms with E-state index >= 15 is 0 Å². The van der Waals surface area contributed by atoms with E-state index in [1.54, 1.807) is 42.5 Å². The molecule has 0 spiro atoms. The van der Waals surface area contributed by atoms with Gasteiger partial charge in [0.1, 0.15) is 12.1 Å². The number of nitrogens with two attached hydrogens (primary N) is 1. The number of hydrogen-bond acceptors (Lipinski definition) is 5. The van der Waals surface area contributed by atoms with E-state index in [2.05, 4.69) is 20.6 Å². The lowest BCUT2D eigenvalue weighted by Crippen LogP contribution is -2.10. The molecule has 0 aliphatic heterocycles. The van der Waals surface area contributed by atoms with E-state index in [9.17, 15) is 9.59 Å². The van der Waals surface area contributed by atoms with Crippen LogP contribution in [-0.2, 0) is 4.79 Å². The van der Waals surface area contributed by atoms with E-state index in [1.807, 2.05) is 12.1 Å². The van der Waals surface area contributed by atoms with Gasteiger partial charge >= 0.3 is 0 Å². The van der Waals surface area contributed by atoms with Crippen molar-refractivity contribution in [3.05, 3.63) is 66.5 Å². The zero-order valence-electron chi connectivity index (χ0n) is 14.1. The van der Waals surface area contributed by atoms with Crippen molar-refractivity contribution in [3.63, 3.8) is 0 Å². The first-order valence-electron chi connectivity index (χ1n) is 7.88. The van der Waals surface area contributed by atoms with Crippen molar-refractivity contribution < 1.29 is 9.59 Å². The molecule has 0 unspecified atom stereocenters. The molecule has 0 fully saturated rings. The summed E-state index contributed by atoms with van der Waals surface area (Å²) in [5.41, 5.74) is 8.81. The topological polar surface area (TPSA) is 110 Å². The summed E-state index contributed by atoms with van der Waals surface area (Å²) in [6.45, 7) is 1.46. The number of nitrogens with zero attached hydrogens (tertiary/aromatic N) is 2. The summed E-state index contributed by atoms with van der Waals surface area (Å²) in [6.07, 6.45) is 1.46. The molecule has 130 valence electrons. The normalized spacial score (nSPS) is 10.2. The van der Waals surface area contributed by atoms with Gasteiger partial charge in [0.25, 0.3) is 0 Å². The first-order chi connectivity index (χ1) is 12.5. The Morgan fingerprint density at radius 1 is 0.923 bits per heavy atom. The summed E-state index contributed by atoms with van der Waals surface area (Å²) in [4.78, 5) is 30.7. The maximum atomic E-state index is 11.2. The molecule has 0 saturated carbocycles. The standard InChI is InChI=1S/C19H17N5O2/c1-12(25)23-15-6-8-16(9-7-15)24-18-10-17(21-11-22-18)13-2-4-14(5-3-13)19(20)26/h2-11H,1H3,(H2,20,26)(H,23,25)(H,21,22,24). The third-order valence-corrected chi connectivity index (χ3v) is 3.61. The Hall–Kier alpha value is -3.74. The van der Waals surface area contributed by atoms with Crippen molar-refractivity contribution in [3.8, 4) is 11.3 Å². The summed E-state index contributed by atoms with van der Waals surface area (Å²) in [6, 6.07) is 16.0. The maximum absolute atomic E-state index is 11.2. The Balaban J connectivity index is 1.76. The van der Waals surface area contributed by atoms with Gasteiger partial charge in [0.15, 0.2) is 0 Å². The Kier molecular flexibility index (Phi) is 4.89. The fraction of sp³-hybridized carbons (Fsp3) is 0.0526. The summed E-state index contributed by atoms with van der Waals surface area (Å²) >= 11 is 0. The molecule has 4 N–H and O–H groups in total. The number of carbonyl (C=O) groups excluding carboxylic acids is 2. The smallest absolute Gasteiger partial charge is 0.248 e. The zero-order valence-corrected chi connectivity index (χ0v) is 14.1. The SMILES string of the molecule is CC(=O)Nc1ccc(Nc2cc(-c3ccc(C(N)=O)cc3)ncn2)cc1. The lowest BCUT2D eigenvalue weighted by Gasteiger charge is -2.08. The van der Waals surface area contributed by atoms with Gasteiger partial charge < -0.3 is 16.4 Å². The summed E-state index contributed by atoms with van der Waals surface area (Å²) in [7, 11) is 0. The third-order valence-electron chi connectivity index (χ3n) is 3.61. The van der Waals surface area contributed by atoms with E-state index in [-0.39, 0.29) is 5.91 Å². The van der Waals surface area contributed by atoms with Gasteiger partial charge in [-0.05, 0) is 36.4 Å². The van der Waals surface area contributed by atoms with Gasteiger partial charge in [-0.15, -0.1) is 0 Å². The second-order valence-corrected chi connectivity index (χ2v) is 5.61. The summed E-state index contributed by atoms with van der Waals surface area (Å²) in [5, 5.41) is 5.90. The second kappa shape index (κ2) is 7.43. The number of aromatic nitrogens is 2. The highest BCUT2D eigenvalue weighted by atomic mass is 16.1. The van der Waals surface area contributed by atoms with Gasteiger partial charge in [-0.25, -0.2) is 9.97 Å². The lowest BCUT2D eigenvalue weighted by molar-refractivity contribution is -0.114. The number of hydrogen-bond donors (Lipinski definition) is 3. The van der Waals surface area contributed by atoms with Crippen molar-refractivity contribution in [2.45, 2.75) is 6.92 Å². The third kappa shape index (κ3) is 4.21. The van der Waals surface area contributed by atoms with Crippen molar-refractivity contribution >= 4 is 29.0 Å². The van der Waals surface area contributed by atoms with Crippen LogP contribution in [0.3, 0.4) is 0 Å². The van der Waals surface area contributed by atoms with E-state index in [1.165, 1.54) is 13.3 Å². The predicted molar refractivity (Wildman–Crippen MR) is 100 cm³/mol. The van der Waals surface area contributed by atoms with Gasteiger partial charge in [-0.1, -0.05) is 12.1 Å². The van der Waals surface area contributed by atoms with Gasteiger partial charge in [-0.3, -0.25) is 9.59 Å². The highest BCUT2D eigenvalue weighted by molar-refractivity contribution is 5.93. The fourth-order valence-electron chi connectivity index (χ4n) is 2.38. The minimum atomic E-state index is -0.468. The molecule has 0 saturated heterocycles. The molecule has 1 heterocycles. The Bertz CT molecular complexity index is 937. The van der Waals surface area contributed by atoms with E-state index in [0.717, 1.165) is 16.9 Å². The van der Waals surface area contributed by atoms with Crippen LogP contribution in [0.1, 0.15) is 17.3 Å². The molecule has 0 aliphatic rings. The van der Waals surface area contributed by atoms with Gasteiger partial charge in [-0.2, -0.15) is 0 Å². The number of nitrogens with one attached hydrogen (secondary N) is 2. The molecule has 7 nitrogen and oxygen atoms in total. The van der Waals surface area contributed by atoms with Crippen LogP contribution in [0, 0.1) is 0 Å². The van der Waals surface area contributed by atoms with Crippen LogP contribution in [0.25, 0.3) is 11.3 Å². The van der Waals surface area contributed by atoms with E-state index < -0.39 is 5.91 Å². The predicted octanol–water partition coefficient (Wildman–Crippen LogP) is 2.94. The van der Waals surface area contributed by atoms with Crippen LogP contribution in [0.2, 0.25) is 0 Å². The van der Waals surface area contributed by atoms with Crippen LogP contribution >= 0.6 is 0 Å². The Morgan fingerprint density at radius 3 is 2.19 bits per heavy atom. The average Bonchev–Trinajstić information content (AvgIpc) is 2.63. The van der Waals surface area contributed by atoms with Crippen molar-refractivity contribution in [1.82, 2.24) is 9.97 Å². The number of carbonyl (C=O) groups is 2. The van der Waals surface area contributed by atoms with Crippen LogP contribution in [0.5, 0.6) is 0 Å². The molecule has 7 heteroatoms. The quantitative estimate of drug-likeness (QED) is 0.657. The minimum absolute atomic E-state index is 0.117. The molecule has 0 aliphatic carbocycles. The number of benzene rings is 2. The number of amides is 2. The Morgan fingerprint density at radius 2 is 1.58 bits per heavy atom. The number of anilines is 3. The monoisotopic (exact) mass is 347 g/mol. The van der Waals surface area contributed by atoms with Crippen LogP contribution < -0.4 is 16.4 Å². The van der Waals surface area contributed by atoms with Crippen molar-refractivity contribution in [1.29, 1.82) is 0 Å². The fourth-order valence-corrected chi connectivity index (χ4v) is 2.38. The minimum Gasteiger partial charge on any atom is -0.366 e. The molecule has 0 bridgehead atoms.